The number of benzene rings is 2. The minimum absolute atomic E-state index is 0.00411. The molecule has 0 spiro atoms. The highest BCUT2D eigenvalue weighted by atomic mass is 32.2. The van der Waals surface area contributed by atoms with E-state index in [2.05, 4.69) is 22.1 Å². The van der Waals surface area contributed by atoms with Gasteiger partial charge in [0.15, 0.2) is 4.90 Å². The Morgan fingerprint density at radius 1 is 1.10 bits per heavy atom. The second-order valence-electron chi connectivity index (χ2n) is 10.3. The van der Waals surface area contributed by atoms with Crippen molar-refractivity contribution in [2.75, 3.05) is 0 Å². The average molecular weight is 582 g/mol. The lowest BCUT2D eigenvalue weighted by molar-refractivity contribution is 0.0571. The molecule has 10 nitrogen and oxygen atoms in total. The summed E-state index contributed by atoms with van der Waals surface area (Å²) in [6, 6.07) is 17.6. The summed E-state index contributed by atoms with van der Waals surface area (Å²) in [5.41, 5.74) is 1.60. The smallest absolute Gasteiger partial charge is 0.277 e. The monoisotopic (exact) mass is 581 g/mol. The van der Waals surface area contributed by atoms with Gasteiger partial charge in [0.2, 0.25) is 15.7 Å². The standard InChI is InChI=1S/C31H27N5O5S/c1-19(2)41-18-27-35-30(37)29(31(38)36(27)28(22-6-7-22)23-5-3-4-20(14-23)15-32)42(39,40)25-10-8-21(9-11-25)26-17-34-13-12-24(26)16-33/h3-5,8-14,17,19,22,28,37H,6-7,18H2,1-2H3. The van der Waals surface area contributed by atoms with E-state index in [1.807, 2.05) is 13.8 Å². The van der Waals surface area contributed by atoms with Crippen molar-refractivity contribution in [3.05, 3.63) is 99.9 Å². The van der Waals surface area contributed by atoms with Crippen LogP contribution in [0.25, 0.3) is 11.1 Å². The number of hydrogen-bond donors (Lipinski definition) is 1. The van der Waals surface area contributed by atoms with Crippen LogP contribution in [0, 0.1) is 28.6 Å². The number of pyridine rings is 1. The van der Waals surface area contributed by atoms with Crippen molar-refractivity contribution >= 4 is 9.84 Å². The predicted octanol–water partition coefficient (Wildman–Crippen LogP) is 4.51. The zero-order valence-electron chi connectivity index (χ0n) is 22.9. The van der Waals surface area contributed by atoms with Crippen LogP contribution < -0.4 is 5.56 Å². The van der Waals surface area contributed by atoms with Crippen LogP contribution in [0.5, 0.6) is 5.88 Å². The molecule has 2 heterocycles. The lowest BCUT2D eigenvalue weighted by Gasteiger charge is -2.25. The number of aromatic hydroxyl groups is 1. The van der Waals surface area contributed by atoms with Gasteiger partial charge in [0, 0.05) is 18.0 Å². The molecule has 0 bridgehead atoms. The first kappa shape index (κ1) is 28.7. The van der Waals surface area contributed by atoms with Gasteiger partial charge in [0.1, 0.15) is 12.4 Å². The van der Waals surface area contributed by atoms with Gasteiger partial charge in [-0.1, -0.05) is 24.3 Å². The van der Waals surface area contributed by atoms with Gasteiger partial charge in [0.05, 0.1) is 40.3 Å². The second-order valence-corrected chi connectivity index (χ2v) is 12.2. The van der Waals surface area contributed by atoms with Crippen molar-refractivity contribution in [2.45, 2.75) is 55.2 Å². The first-order valence-electron chi connectivity index (χ1n) is 13.3. The molecule has 1 aliphatic rings. The summed E-state index contributed by atoms with van der Waals surface area (Å²) < 4.78 is 34.8. The zero-order chi connectivity index (χ0) is 30.0. The first-order valence-corrected chi connectivity index (χ1v) is 14.8. The third-order valence-electron chi connectivity index (χ3n) is 7.06. The summed E-state index contributed by atoms with van der Waals surface area (Å²) in [7, 11) is -4.54. The minimum Gasteiger partial charge on any atom is -0.492 e. The lowest BCUT2D eigenvalue weighted by atomic mass is 9.99. The van der Waals surface area contributed by atoms with Crippen LogP contribution in [0.3, 0.4) is 0 Å². The lowest BCUT2D eigenvalue weighted by Crippen LogP contribution is -2.35. The van der Waals surface area contributed by atoms with Crippen LogP contribution in [-0.4, -0.2) is 34.2 Å². The molecule has 1 N–H and O–H groups in total. The molecule has 0 aliphatic heterocycles. The van der Waals surface area contributed by atoms with Crippen molar-refractivity contribution in [1.82, 2.24) is 14.5 Å². The van der Waals surface area contributed by atoms with E-state index < -0.39 is 32.2 Å². The fraction of sp³-hybridized carbons (Fsp3) is 0.258. The van der Waals surface area contributed by atoms with E-state index in [1.54, 1.807) is 30.3 Å². The van der Waals surface area contributed by atoms with Gasteiger partial charge in [-0.2, -0.15) is 15.5 Å². The van der Waals surface area contributed by atoms with Crippen molar-refractivity contribution in [3.63, 3.8) is 0 Å². The van der Waals surface area contributed by atoms with Crippen LogP contribution in [0.1, 0.15) is 55.2 Å². The predicted molar refractivity (Wildman–Crippen MR) is 152 cm³/mol. The number of aromatic nitrogens is 3. The Labute approximate surface area is 243 Å². The molecule has 212 valence electrons. The van der Waals surface area contributed by atoms with E-state index in [4.69, 9.17) is 4.74 Å². The zero-order valence-corrected chi connectivity index (χ0v) is 23.7. The van der Waals surface area contributed by atoms with Crippen molar-refractivity contribution in [3.8, 4) is 29.1 Å². The van der Waals surface area contributed by atoms with Crippen LogP contribution in [-0.2, 0) is 21.2 Å². The molecule has 2 aromatic carbocycles. The molecule has 1 atom stereocenters. The Hall–Kier alpha value is -4.84. The second kappa shape index (κ2) is 11.6. The summed E-state index contributed by atoms with van der Waals surface area (Å²) in [6.07, 6.45) is 4.36. The molecule has 1 fully saturated rings. The summed E-state index contributed by atoms with van der Waals surface area (Å²) in [5, 5.41) is 29.8. The van der Waals surface area contributed by atoms with Gasteiger partial charge >= 0.3 is 0 Å². The Kier molecular flexibility index (Phi) is 7.90. The van der Waals surface area contributed by atoms with Crippen molar-refractivity contribution < 1.29 is 18.3 Å². The van der Waals surface area contributed by atoms with E-state index in [0.717, 1.165) is 12.8 Å². The third-order valence-corrected chi connectivity index (χ3v) is 8.85. The molecule has 0 amide bonds. The summed E-state index contributed by atoms with van der Waals surface area (Å²) >= 11 is 0. The van der Waals surface area contributed by atoms with Gasteiger partial charge in [-0.3, -0.25) is 14.3 Å². The largest absolute Gasteiger partial charge is 0.492 e. The highest BCUT2D eigenvalue weighted by Gasteiger charge is 2.39. The fourth-order valence-corrected chi connectivity index (χ4v) is 6.25. The molecule has 1 aliphatic carbocycles. The highest BCUT2D eigenvalue weighted by molar-refractivity contribution is 7.91. The molecule has 0 saturated heterocycles. The van der Waals surface area contributed by atoms with Gasteiger partial charge in [0.25, 0.3) is 5.56 Å². The maximum atomic E-state index is 14.2. The summed E-state index contributed by atoms with van der Waals surface area (Å²) in [4.78, 5) is 21.3. The van der Waals surface area contributed by atoms with E-state index in [0.29, 0.717) is 27.8 Å². The number of sulfone groups is 1. The van der Waals surface area contributed by atoms with E-state index >= 15 is 0 Å². The van der Waals surface area contributed by atoms with Crippen molar-refractivity contribution in [2.24, 2.45) is 5.92 Å². The molecule has 11 heteroatoms. The van der Waals surface area contributed by atoms with E-state index in [-0.39, 0.29) is 29.3 Å². The summed E-state index contributed by atoms with van der Waals surface area (Å²) in [5.74, 6) is -0.827. The van der Waals surface area contributed by atoms with Crippen LogP contribution >= 0.6 is 0 Å². The molecule has 0 radical (unpaired) electrons. The number of nitriles is 2. The third kappa shape index (κ3) is 5.53. The maximum absolute atomic E-state index is 14.2. The van der Waals surface area contributed by atoms with Crippen LogP contribution in [0.4, 0.5) is 0 Å². The fourth-order valence-electron chi connectivity index (χ4n) is 4.90. The van der Waals surface area contributed by atoms with Crippen molar-refractivity contribution in [1.29, 1.82) is 10.5 Å². The molecule has 1 unspecified atom stereocenters. The van der Waals surface area contributed by atoms with Crippen LogP contribution in [0.15, 0.2) is 81.6 Å². The van der Waals surface area contributed by atoms with E-state index in [1.165, 1.54) is 41.2 Å². The molecule has 2 aromatic heterocycles. The number of rotatable bonds is 9. The Bertz CT molecular complexity index is 1900. The van der Waals surface area contributed by atoms with Gasteiger partial charge in [-0.15, -0.1) is 0 Å². The maximum Gasteiger partial charge on any atom is 0.277 e. The van der Waals surface area contributed by atoms with E-state index in [9.17, 15) is 28.8 Å². The SMILES string of the molecule is CC(C)OCc1nc(O)c(S(=O)(=O)c2ccc(-c3cnccc3C#N)cc2)c(=O)n1C(c1cccc(C#N)c1)C1CC1. The van der Waals surface area contributed by atoms with Crippen LogP contribution in [0.2, 0.25) is 0 Å². The molecular formula is C31H27N5O5S. The Morgan fingerprint density at radius 2 is 1.83 bits per heavy atom. The van der Waals surface area contributed by atoms with Gasteiger partial charge in [-0.25, -0.2) is 8.42 Å². The van der Waals surface area contributed by atoms with Gasteiger partial charge < -0.3 is 9.84 Å². The molecule has 4 aromatic rings. The molecule has 5 rings (SSSR count). The number of ether oxygens (including phenoxy) is 1. The van der Waals surface area contributed by atoms with Gasteiger partial charge in [-0.05, 0) is 74.1 Å². The minimum atomic E-state index is -4.54. The number of hydrogen-bond acceptors (Lipinski definition) is 9. The highest BCUT2D eigenvalue weighted by Crippen LogP contribution is 2.44. The quantitative estimate of drug-likeness (QED) is 0.300. The first-order chi connectivity index (χ1) is 20.1. The Morgan fingerprint density at radius 3 is 2.48 bits per heavy atom. The number of nitrogens with zero attached hydrogens (tertiary/aromatic N) is 5. The molecule has 42 heavy (non-hydrogen) atoms. The summed E-state index contributed by atoms with van der Waals surface area (Å²) in [6.45, 7) is 3.48. The molecular weight excluding hydrogens is 554 g/mol. The molecule has 1 saturated carbocycles. The Balaban J connectivity index is 1.66. The average Bonchev–Trinajstić information content (AvgIpc) is 3.83. The topological polar surface area (TPSA) is 159 Å². The normalized spacial score (nSPS) is 13.8.